The summed E-state index contributed by atoms with van der Waals surface area (Å²) in [5.41, 5.74) is -1.02. The summed E-state index contributed by atoms with van der Waals surface area (Å²) in [6.07, 6.45) is -4.57. The minimum absolute atomic E-state index is 0.0443. The average molecular weight is 253 g/mol. The Bertz CT molecular complexity index is 408. The number of carbonyl (C=O) groups is 1. The molecule has 0 spiro atoms. The highest BCUT2D eigenvalue weighted by molar-refractivity contribution is 6.32. The fourth-order valence-electron chi connectivity index (χ4n) is 1.18. The van der Waals surface area contributed by atoms with Gasteiger partial charge in [-0.25, -0.2) is 4.98 Å². The van der Waals surface area contributed by atoms with Crippen LogP contribution in [0.3, 0.4) is 0 Å². The molecule has 1 rings (SSSR count). The van der Waals surface area contributed by atoms with Gasteiger partial charge in [0.1, 0.15) is 10.8 Å². The van der Waals surface area contributed by atoms with Crippen LogP contribution in [0.25, 0.3) is 0 Å². The second-order valence-corrected chi connectivity index (χ2v) is 3.43. The monoisotopic (exact) mass is 252 g/mol. The third-order valence-electron chi connectivity index (χ3n) is 1.92. The summed E-state index contributed by atoms with van der Waals surface area (Å²) in [5.74, 6) is -0.566. The molecule has 7 heteroatoms. The third-order valence-corrected chi connectivity index (χ3v) is 2.19. The molecule has 0 bridgehead atoms. The Hall–Kier alpha value is -1.30. The molecule has 0 fully saturated rings. The summed E-state index contributed by atoms with van der Waals surface area (Å²) in [6.45, 7) is 1.37. The Morgan fingerprint density at radius 1 is 1.50 bits per heavy atom. The van der Waals surface area contributed by atoms with Gasteiger partial charge in [-0.3, -0.25) is 4.79 Å². The number of amides is 1. The van der Waals surface area contributed by atoms with Crippen LogP contribution in [0, 0.1) is 6.92 Å². The van der Waals surface area contributed by atoms with Crippen molar-refractivity contribution >= 4 is 17.5 Å². The highest BCUT2D eigenvalue weighted by Crippen LogP contribution is 2.31. The van der Waals surface area contributed by atoms with Crippen LogP contribution < -0.4 is 5.32 Å². The van der Waals surface area contributed by atoms with Crippen molar-refractivity contribution in [3.05, 3.63) is 28.0 Å². The van der Waals surface area contributed by atoms with Crippen LogP contribution in [-0.2, 0) is 6.18 Å². The molecule has 1 N–H and O–H groups in total. The first-order valence-electron chi connectivity index (χ1n) is 4.23. The number of hydrogen-bond donors (Lipinski definition) is 1. The molecule has 0 saturated heterocycles. The van der Waals surface area contributed by atoms with Gasteiger partial charge < -0.3 is 5.32 Å². The number of pyridine rings is 1. The van der Waals surface area contributed by atoms with Crippen LogP contribution in [0.15, 0.2) is 6.07 Å². The molecule has 0 aromatic carbocycles. The zero-order valence-electron chi connectivity index (χ0n) is 8.44. The average Bonchev–Trinajstić information content (AvgIpc) is 2.14. The van der Waals surface area contributed by atoms with E-state index in [0.29, 0.717) is 0 Å². The van der Waals surface area contributed by atoms with Gasteiger partial charge in [0.2, 0.25) is 0 Å². The minimum atomic E-state index is -4.57. The maximum Gasteiger partial charge on any atom is 0.433 e. The molecule has 1 heterocycles. The standard InChI is InChI=1S/C9H8ClF3N2O/c1-4-3-5(9(11,12)13)15-7(10)6(4)8(16)14-2/h3H,1-2H3,(H,14,16). The lowest BCUT2D eigenvalue weighted by atomic mass is 10.1. The molecule has 1 aromatic heterocycles. The van der Waals surface area contributed by atoms with Crippen molar-refractivity contribution < 1.29 is 18.0 Å². The Balaban J connectivity index is 3.34. The maximum absolute atomic E-state index is 12.3. The van der Waals surface area contributed by atoms with E-state index in [1.54, 1.807) is 0 Å². The van der Waals surface area contributed by atoms with Crippen LogP contribution in [0.5, 0.6) is 0 Å². The maximum atomic E-state index is 12.3. The summed E-state index contributed by atoms with van der Waals surface area (Å²) in [5, 5.41) is 1.82. The fraction of sp³-hybridized carbons (Fsp3) is 0.333. The van der Waals surface area contributed by atoms with Crippen molar-refractivity contribution in [1.82, 2.24) is 10.3 Å². The van der Waals surface area contributed by atoms with Crippen molar-refractivity contribution in [2.75, 3.05) is 7.05 Å². The Morgan fingerprint density at radius 2 is 2.06 bits per heavy atom. The Morgan fingerprint density at radius 3 is 2.44 bits per heavy atom. The van der Waals surface area contributed by atoms with Gasteiger partial charge in [0.15, 0.2) is 0 Å². The van der Waals surface area contributed by atoms with E-state index in [9.17, 15) is 18.0 Å². The molecule has 88 valence electrons. The molecule has 1 aromatic rings. The number of aromatic nitrogens is 1. The summed E-state index contributed by atoms with van der Waals surface area (Å²) in [7, 11) is 1.36. The highest BCUT2D eigenvalue weighted by Gasteiger charge is 2.34. The van der Waals surface area contributed by atoms with E-state index in [4.69, 9.17) is 11.6 Å². The van der Waals surface area contributed by atoms with Crippen molar-refractivity contribution in [3.63, 3.8) is 0 Å². The quantitative estimate of drug-likeness (QED) is 0.780. The van der Waals surface area contributed by atoms with Crippen molar-refractivity contribution in [1.29, 1.82) is 0 Å². The summed E-state index contributed by atoms with van der Waals surface area (Å²) < 4.78 is 37.0. The zero-order chi connectivity index (χ0) is 12.5. The van der Waals surface area contributed by atoms with Crippen molar-refractivity contribution in [2.24, 2.45) is 0 Å². The highest BCUT2D eigenvalue weighted by atomic mass is 35.5. The van der Waals surface area contributed by atoms with Crippen LogP contribution in [0.2, 0.25) is 5.15 Å². The molecule has 0 aliphatic rings. The number of hydrogen-bond acceptors (Lipinski definition) is 2. The summed E-state index contributed by atoms with van der Waals surface area (Å²) >= 11 is 5.54. The number of carbonyl (C=O) groups excluding carboxylic acids is 1. The number of nitrogens with one attached hydrogen (secondary N) is 1. The van der Waals surface area contributed by atoms with E-state index in [1.165, 1.54) is 14.0 Å². The molecule has 0 radical (unpaired) electrons. The lowest BCUT2D eigenvalue weighted by molar-refractivity contribution is -0.141. The largest absolute Gasteiger partial charge is 0.433 e. The zero-order valence-corrected chi connectivity index (χ0v) is 9.20. The number of halogens is 4. The van der Waals surface area contributed by atoms with Crippen LogP contribution in [-0.4, -0.2) is 17.9 Å². The van der Waals surface area contributed by atoms with Crippen LogP contribution >= 0.6 is 11.6 Å². The summed E-state index contributed by atoms with van der Waals surface area (Å²) in [6, 6.07) is 0.788. The van der Waals surface area contributed by atoms with E-state index in [0.717, 1.165) is 6.07 Å². The van der Waals surface area contributed by atoms with E-state index >= 15 is 0 Å². The molecule has 0 unspecified atom stereocenters. The lowest BCUT2D eigenvalue weighted by Crippen LogP contribution is -2.21. The topological polar surface area (TPSA) is 42.0 Å². The number of nitrogens with zero attached hydrogens (tertiary/aromatic N) is 1. The molecular formula is C9H8ClF3N2O. The SMILES string of the molecule is CNC(=O)c1c(C)cc(C(F)(F)F)nc1Cl. The number of aryl methyl sites for hydroxylation is 1. The molecule has 16 heavy (non-hydrogen) atoms. The first kappa shape index (κ1) is 12.8. The first-order chi connectivity index (χ1) is 7.27. The third kappa shape index (κ3) is 2.44. The molecule has 0 atom stereocenters. The van der Waals surface area contributed by atoms with Gasteiger partial charge in [0.25, 0.3) is 5.91 Å². The Kier molecular flexibility index (Phi) is 3.42. The fourth-order valence-corrected chi connectivity index (χ4v) is 1.50. The summed E-state index contributed by atoms with van der Waals surface area (Å²) in [4.78, 5) is 14.5. The van der Waals surface area contributed by atoms with Gasteiger partial charge in [0.05, 0.1) is 5.56 Å². The molecule has 1 amide bonds. The van der Waals surface area contributed by atoms with Crippen LogP contribution in [0.4, 0.5) is 13.2 Å². The second-order valence-electron chi connectivity index (χ2n) is 3.07. The van der Waals surface area contributed by atoms with Gasteiger partial charge in [-0.05, 0) is 18.6 Å². The van der Waals surface area contributed by atoms with Crippen LogP contribution in [0.1, 0.15) is 21.6 Å². The van der Waals surface area contributed by atoms with E-state index in [2.05, 4.69) is 10.3 Å². The molecule has 0 saturated carbocycles. The van der Waals surface area contributed by atoms with Crippen molar-refractivity contribution in [3.8, 4) is 0 Å². The minimum Gasteiger partial charge on any atom is -0.355 e. The predicted molar refractivity (Wildman–Crippen MR) is 52.4 cm³/mol. The molecule has 0 aliphatic heterocycles. The molecule has 3 nitrogen and oxygen atoms in total. The first-order valence-corrected chi connectivity index (χ1v) is 4.61. The predicted octanol–water partition coefficient (Wildman–Crippen LogP) is 2.42. The Labute approximate surface area is 94.6 Å². The van der Waals surface area contributed by atoms with Gasteiger partial charge in [-0.15, -0.1) is 0 Å². The smallest absolute Gasteiger partial charge is 0.355 e. The second kappa shape index (κ2) is 4.29. The lowest BCUT2D eigenvalue weighted by Gasteiger charge is -2.11. The van der Waals surface area contributed by atoms with Gasteiger partial charge in [-0.1, -0.05) is 11.6 Å². The number of rotatable bonds is 1. The molecule has 0 aliphatic carbocycles. The van der Waals surface area contributed by atoms with E-state index < -0.39 is 22.9 Å². The van der Waals surface area contributed by atoms with E-state index in [-0.39, 0.29) is 11.1 Å². The van der Waals surface area contributed by atoms with E-state index in [1.807, 2.05) is 0 Å². The van der Waals surface area contributed by atoms with Gasteiger partial charge >= 0.3 is 6.18 Å². The van der Waals surface area contributed by atoms with Gasteiger partial charge in [-0.2, -0.15) is 13.2 Å². The molecular weight excluding hydrogens is 245 g/mol. The normalized spacial score (nSPS) is 11.4. The van der Waals surface area contributed by atoms with Gasteiger partial charge in [0, 0.05) is 7.05 Å². The number of alkyl halides is 3. The van der Waals surface area contributed by atoms with Crippen molar-refractivity contribution in [2.45, 2.75) is 13.1 Å².